The van der Waals surface area contributed by atoms with Crippen molar-refractivity contribution in [1.82, 2.24) is 5.32 Å². The second-order valence-corrected chi connectivity index (χ2v) is 6.36. The zero-order valence-electron chi connectivity index (χ0n) is 12.2. The van der Waals surface area contributed by atoms with Gasteiger partial charge in [-0.05, 0) is 32.1 Å². The van der Waals surface area contributed by atoms with Crippen LogP contribution in [0.4, 0.5) is 0 Å². The van der Waals surface area contributed by atoms with Crippen LogP contribution in [0.2, 0.25) is 0 Å². The molecule has 0 heterocycles. The maximum absolute atomic E-state index is 6.28. The minimum atomic E-state index is 0.217. The molecule has 0 aliphatic rings. The van der Waals surface area contributed by atoms with Gasteiger partial charge in [0.05, 0.1) is 0 Å². The van der Waals surface area contributed by atoms with E-state index >= 15 is 0 Å². The van der Waals surface area contributed by atoms with Crippen LogP contribution in [0.25, 0.3) is 0 Å². The predicted octanol–water partition coefficient (Wildman–Crippen LogP) is 3.31. The molecule has 98 valence electrons. The summed E-state index contributed by atoms with van der Waals surface area (Å²) in [6.07, 6.45) is 4.82. The van der Waals surface area contributed by atoms with Crippen molar-refractivity contribution in [3.63, 3.8) is 0 Å². The molecule has 0 spiro atoms. The lowest BCUT2D eigenvalue weighted by Gasteiger charge is -2.35. The van der Waals surface area contributed by atoms with E-state index in [-0.39, 0.29) is 17.0 Å². The molecule has 0 saturated carbocycles. The highest BCUT2D eigenvalue weighted by Gasteiger charge is 2.27. The highest BCUT2D eigenvalue weighted by Crippen LogP contribution is 2.25. The van der Waals surface area contributed by atoms with Gasteiger partial charge in [-0.2, -0.15) is 0 Å². The van der Waals surface area contributed by atoms with Crippen LogP contribution in [0.1, 0.15) is 67.2 Å². The van der Waals surface area contributed by atoms with E-state index in [0.717, 1.165) is 6.54 Å². The third-order valence-electron chi connectivity index (χ3n) is 3.57. The van der Waals surface area contributed by atoms with E-state index in [1.807, 2.05) is 0 Å². The fourth-order valence-electron chi connectivity index (χ4n) is 2.21. The van der Waals surface area contributed by atoms with Gasteiger partial charge in [-0.1, -0.05) is 40.5 Å². The summed E-state index contributed by atoms with van der Waals surface area (Å²) in [5, 5.41) is 3.60. The second kappa shape index (κ2) is 6.61. The van der Waals surface area contributed by atoms with Crippen molar-refractivity contribution in [3.05, 3.63) is 0 Å². The van der Waals surface area contributed by atoms with Gasteiger partial charge in [-0.15, -0.1) is 0 Å². The highest BCUT2D eigenvalue weighted by atomic mass is 15.0. The molecule has 1 unspecified atom stereocenters. The Balaban J connectivity index is 4.10. The Labute approximate surface area is 102 Å². The molecular weight excluding hydrogens is 196 g/mol. The fraction of sp³-hybridized carbons (Fsp3) is 1.00. The Bertz CT molecular complexity index is 185. The normalized spacial score (nSPS) is 15.2. The van der Waals surface area contributed by atoms with Crippen LogP contribution in [-0.4, -0.2) is 18.1 Å². The van der Waals surface area contributed by atoms with Crippen LogP contribution in [-0.2, 0) is 0 Å². The Morgan fingerprint density at radius 1 is 1.00 bits per heavy atom. The largest absolute Gasteiger partial charge is 0.326 e. The molecule has 16 heavy (non-hydrogen) atoms. The molecule has 0 fully saturated rings. The maximum Gasteiger partial charge on any atom is 0.0217 e. The summed E-state index contributed by atoms with van der Waals surface area (Å²) in [7, 11) is 0. The first kappa shape index (κ1) is 15.9. The van der Waals surface area contributed by atoms with E-state index in [9.17, 15) is 0 Å². The first-order chi connectivity index (χ1) is 7.25. The molecule has 0 radical (unpaired) electrons. The van der Waals surface area contributed by atoms with Gasteiger partial charge in [0, 0.05) is 18.1 Å². The first-order valence-electron chi connectivity index (χ1n) is 6.76. The van der Waals surface area contributed by atoms with Crippen molar-refractivity contribution in [1.29, 1.82) is 0 Å². The molecule has 3 N–H and O–H groups in total. The molecule has 0 saturated heterocycles. The van der Waals surface area contributed by atoms with Gasteiger partial charge in [0.2, 0.25) is 0 Å². The first-order valence-corrected chi connectivity index (χ1v) is 6.76. The summed E-state index contributed by atoms with van der Waals surface area (Å²) in [5.74, 6) is 0. The predicted molar refractivity (Wildman–Crippen MR) is 73.7 cm³/mol. The molecule has 1 atom stereocenters. The summed E-state index contributed by atoms with van der Waals surface area (Å²) < 4.78 is 0. The molecule has 0 bridgehead atoms. The summed E-state index contributed by atoms with van der Waals surface area (Å²) in [6, 6.07) is 0.239. The number of rotatable bonds is 8. The average molecular weight is 228 g/mol. The zero-order chi connectivity index (χ0) is 12.8. The highest BCUT2D eigenvalue weighted by molar-refractivity contribution is 4.86. The van der Waals surface area contributed by atoms with Gasteiger partial charge in [0.1, 0.15) is 0 Å². The van der Waals surface area contributed by atoms with Crippen LogP contribution in [0.5, 0.6) is 0 Å². The molecule has 0 aromatic carbocycles. The van der Waals surface area contributed by atoms with Gasteiger partial charge in [0.25, 0.3) is 0 Å². The topological polar surface area (TPSA) is 38.0 Å². The lowest BCUT2D eigenvalue weighted by atomic mass is 9.80. The van der Waals surface area contributed by atoms with E-state index in [1.165, 1.54) is 25.7 Å². The lowest BCUT2D eigenvalue weighted by molar-refractivity contribution is 0.232. The van der Waals surface area contributed by atoms with Gasteiger partial charge < -0.3 is 11.1 Å². The van der Waals surface area contributed by atoms with Crippen LogP contribution in [0, 0.1) is 5.41 Å². The van der Waals surface area contributed by atoms with Crippen molar-refractivity contribution >= 4 is 0 Å². The summed E-state index contributed by atoms with van der Waals surface area (Å²) >= 11 is 0. The quantitative estimate of drug-likeness (QED) is 0.669. The molecule has 2 heteroatoms. The van der Waals surface area contributed by atoms with Gasteiger partial charge in [0.15, 0.2) is 0 Å². The summed E-state index contributed by atoms with van der Waals surface area (Å²) in [4.78, 5) is 0. The molecule has 0 aliphatic heterocycles. The van der Waals surface area contributed by atoms with Crippen molar-refractivity contribution in [3.8, 4) is 0 Å². The third kappa shape index (κ3) is 5.86. The Morgan fingerprint density at radius 2 is 1.50 bits per heavy atom. The molecule has 0 aromatic heterocycles. The Hall–Kier alpha value is -0.0800. The van der Waals surface area contributed by atoms with Gasteiger partial charge in [-0.25, -0.2) is 0 Å². The average Bonchev–Trinajstić information content (AvgIpc) is 2.14. The number of hydrogen-bond donors (Lipinski definition) is 2. The number of nitrogens with one attached hydrogen (secondary N) is 1. The third-order valence-corrected chi connectivity index (χ3v) is 3.57. The smallest absolute Gasteiger partial charge is 0.0217 e. The van der Waals surface area contributed by atoms with Crippen molar-refractivity contribution in [2.24, 2.45) is 11.1 Å². The second-order valence-electron chi connectivity index (χ2n) is 6.36. The van der Waals surface area contributed by atoms with Gasteiger partial charge >= 0.3 is 0 Å². The monoisotopic (exact) mass is 228 g/mol. The molecule has 0 amide bonds. The van der Waals surface area contributed by atoms with Crippen molar-refractivity contribution in [2.75, 3.05) is 6.54 Å². The summed E-state index contributed by atoms with van der Waals surface area (Å²) in [5.41, 5.74) is 6.74. The zero-order valence-corrected chi connectivity index (χ0v) is 12.2. The minimum Gasteiger partial charge on any atom is -0.326 e. The SMILES string of the molecule is CCCC(C)(C)NCC(N)C(C)(C)CCC. The van der Waals surface area contributed by atoms with Gasteiger partial charge in [-0.3, -0.25) is 0 Å². The maximum atomic E-state index is 6.28. The van der Waals surface area contributed by atoms with Crippen molar-refractivity contribution < 1.29 is 0 Å². The van der Waals surface area contributed by atoms with E-state index in [4.69, 9.17) is 5.73 Å². The van der Waals surface area contributed by atoms with Crippen molar-refractivity contribution in [2.45, 2.75) is 78.8 Å². The van der Waals surface area contributed by atoms with Crippen LogP contribution in [0.3, 0.4) is 0 Å². The summed E-state index contributed by atoms with van der Waals surface area (Å²) in [6.45, 7) is 14.4. The van der Waals surface area contributed by atoms with E-state index < -0.39 is 0 Å². The van der Waals surface area contributed by atoms with E-state index in [0.29, 0.717) is 0 Å². The molecule has 0 aliphatic carbocycles. The van der Waals surface area contributed by atoms with Crippen LogP contribution < -0.4 is 11.1 Å². The molecular formula is C14H32N2. The Kier molecular flexibility index (Phi) is 6.57. The van der Waals surface area contributed by atoms with Crippen LogP contribution >= 0.6 is 0 Å². The Morgan fingerprint density at radius 3 is 1.94 bits per heavy atom. The fourth-order valence-corrected chi connectivity index (χ4v) is 2.21. The van der Waals surface area contributed by atoms with Crippen LogP contribution in [0.15, 0.2) is 0 Å². The lowest BCUT2D eigenvalue weighted by Crippen LogP contribution is -2.50. The van der Waals surface area contributed by atoms with E-state index in [2.05, 4.69) is 46.9 Å². The molecule has 2 nitrogen and oxygen atoms in total. The molecule has 0 aromatic rings. The minimum absolute atomic E-state index is 0.217. The number of hydrogen-bond acceptors (Lipinski definition) is 2. The molecule has 0 rings (SSSR count). The number of nitrogens with two attached hydrogens (primary N) is 1. The van der Waals surface area contributed by atoms with E-state index in [1.54, 1.807) is 0 Å². The standard InChI is InChI=1S/C14H32N2/c1-7-9-13(3,4)12(15)11-16-14(5,6)10-8-2/h12,16H,7-11,15H2,1-6H3.